The summed E-state index contributed by atoms with van der Waals surface area (Å²) in [5.41, 5.74) is 0.900. The van der Waals surface area contributed by atoms with E-state index < -0.39 is 17.7 Å². The van der Waals surface area contributed by atoms with Crippen LogP contribution in [0.2, 0.25) is 0 Å². The summed E-state index contributed by atoms with van der Waals surface area (Å²) >= 11 is 0. The quantitative estimate of drug-likeness (QED) is 0.585. The fourth-order valence-corrected chi connectivity index (χ4v) is 1.95. The van der Waals surface area contributed by atoms with Gasteiger partial charge >= 0.3 is 12.1 Å². The first kappa shape index (κ1) is 17.3. The zero-order valence-corrected chi connectivity index (χ0v) is 12.4. The lowest BCUT2D eigenvalue weighted by Crippen LogP contribution is -2.07. The van der Waals surface area contributed by atoms with E-state index in [0.717, 1.165) is 18.6 Å². The molecule has 0 aliphatic rings. The number of carbonyl (C=O) groups is 1. The van der Waals surface area contributed by atoms with Gasteiger partial charge < -0.3 is 4.74 Å². The lowest BCUT2D eigenvalue weighted by molar-refractivity contribution is -0.138. The maximum atomic E-state index is 12.7. The van der Waals surface area contributed by atoms with Crippen LogP contribution in [0.1, 0.15) is 43.9 Å². The predicted molar refractivity (Wildman–Crippen MR) is 75.7 cm³/mol. The summed E-state index contributed by atoms with van der Waals surface area (Å²) in [4.78, 5) is 11.6. The Hall–Kier alpha value is -1.78. The molecule has 0 N–H and O–H groups in total. The number of hydrogen-bond acceptors (Lipinski definition) is 2. The van der Waals surface area contributed by atoms with Gasteiger partial charge in [-0.05, 0) is 49.6 Å². The van der Waals surface area contributed by atoms with Crippen molar-refractivity contribution in [3.8, 4) is 0 Å². The molecule has 0 bridgehead atoms. The fourth-order valence-electron chi connectivity index (χ4n) is 1.95. The Morgan fingerprint density at radius 1 is 1.29 bits per heavy atom. The van der Waals surface area contributed by atoms with Crippen LogP contribution in [0.4, 0.5) is 13.2 Å². The molecule has 0 amide bonds. The average Bonchev–Trinajstić information content (AvgIpc) is 2.40. The van der Waals surface area contributed by atoms with Crippen LogP contribution in [0.5, 0.6) is 0 Å². The Kier molecular flexibility index (Phi) is 6.00. The smallest absolute Gasteiger partial charge is 0.416 e. The predicted octanol–water partition coefficient (Wildman–Crippen LogP) is 4.62. The van der Waals surface area contributed by atoms with Crippen molar-refractivity contribution in [2.24, 2.45) is 0 Å². The Balaban J connectivity index is 3.18. The monoisotopic (exact) mass is 300 g/mol. The van der Waals surface area contributed by atoms with Crippen molar-refractivity contribution in [2.45, 2.75) is 39.8 Å². The minimum atomic E-state index is -4.36. The lowest BCUT2D eigenvalue weighted by Gasteiger charge is -2.12. The number of esters is 1. The molecule has 0 radical (unpaired) electrons. The molecule has 1 aromatic carbocycles. The van der Waals surface area contributed by atoms with Crippen molar-refractivity contribution in [3.63, 3.8) is 0 Å². The van der Waals surface area contributed by atoms with E-state index in [-0.39, 0.29) is 6.61 Å². The first-order valence-electron chi connectivity index (χ1n) is 6.85. The first-order chi connectivity index (χ1) is 9.79. The molecule has 0 aliphatic heterocycles. The topological polar surface area (TPSA) is 26.3 Å². The molecule has 0 aromatic heterocycles. The number of carbonyl (C=O) groups excluding carboxylic acids is 1. The van der Waals surface area contributed by atoms with Gasteiger partial charge in [0.1, 0.15) is 0 Å². The van der Waals surface area contributed by atoms with Gasteiger partial charge in [0.15, 0.2) is 0 Å². The molecule has 0 spiro atoms. The third kappa shape index (κ3) is 4.92. The van der Waals surface area contributed by atoms with Crippen LogP contribution in [-0.2, 0) is 22.1 Å². The minimum Gasteiger partial charge on any atom is -0.463 e. The van der Waals surface area contributed by atoms with Crippen LogP contribution in [0.3, 0.4) is 0 Å². The van der Waals surface area contributed by atoms with E-state index in [4.69, 9.17) is 4.74 Å². The molecule has 21 heavy (non-hydrogen) atoms. The average molecular weight is 300 g/mol. The highest BCUT2D eigenvalue weighted by molar-refractivity contribution is 5.93. The van der Waals surface area contributed by atoms with E-state index >= 15 is 0 Å². The Morgan fingerprint density at radius 2 is 1.95 bits per heavy atom. The molecule has 2 nitrogen and oxygen atoms in total. The van der Waals surface area contributed by atoms with E-state index in [2.05, 4.69) is 0 Å². The number of rotatable bonds is 5. The van der Waals surface area contributed by atoms with Crippen LogP contribution in [0.15, 0.2) is 23.8 Å². The summed E-state index contributed by atoms with van der Waals surface area (Å²) in [5.74, 6) is -0.458. The number of benzene rings is 1. The third-order valence-electron chi connectivity index (χ3n) is 2.96. The highest BCUT2D eigenvalue weighted by Gasteiger charge is 2.30. The maximum Gasteiger partial charge on any atom is 0.416 e. The van der Waals surface area contributed by atoms with Gasteiger partial charge in [-0.1, -0.05) is 19.4 Å². The zero-order valence-electron chi connectivity index (χ0n) is 12.4. The second-order valence-electron chi connectivity index (χ2n) is 4.71. The van der Waals surface area contributed by atoms with Crippen LogP contribution < -0.4 is 0 Å². The van der Waals surface area contributed by atoms with Gasteiger partial charge in [0.25, 0.3) is 0 Å². The van der Waals surface area contributed by atoms with E-state index in [0.29, 0.717) is 23.1 Å². The zero-order chi connectivity index (χ0) is 16.0. The highest BCUT2D eigenvalue weighted by Crippen LogP contribution is 2.31. The second-order valence-corrected chi connectivity index (χ2v) is 4.71. The largest absolute Gasteiger partial charge is 0.463 e. The number of halogens is 3. The van der Waals surface area contributed by atoms with Crippen LogP contribution in [0, 0.1) is 0 Å². The minimum absolute atomic E-state index is 0.263. The van der Waals surface area contributed by atoms with Crippen LogP contribution in [0.25, 0.3) is 6.08 Å². The first-order valence-corrected chi connectivity index (χ1v) is 6.85. The molecule has 0 atom stereocenters. The summed E-state index contributed by atoms with van der Waals surface area (Å²) in [6.45, 7) is 5.45. The van der Waals surface area contributed by atoms with Crippen molar-refractivity contribution in [1.82, 2.24) is 0 Å². The summed E-state index contributed by atoms with van der Waals surface area (Å²) < 4.78 is 43.1. The standard InChI is InChI=1S/C16H19F3O2/c1-4-6-12-10-14(16(17,18)19)8-7-13(12)9-11(3)15(20)21-5-2/h7-10H,4-6H2,1-3H3. The fraction of sp³-hybridized carbons (Fsp3) is 0.438. The van der Waals surface area contributed by atoms with E-state index in [1.165, 1.54) is 6.07 Å². The maximum absolute atomic E-state index is 12.7. The summed E-state index contributed by atoms with van der Waals surface area (Å²) in [7, 11) is 0. The van der Waals surface area contributed by atoms with E-state index in [1.54, 1.807) is 19.9 Å². The third-order valence-corrected chi connectivity index (χ3v) is 2.96. The molecule has 0 aliphatic carbocycles. The lowest BCUT2D eigenvalue weighted by atomic mass is 9.98. The van der Waals surface area contributed by atoms with Crippen molar-refractivity contribution in [2.75, 3.05) is 6.61 Å². The Bertz CT molecular complexity index is 531. The van der Waals surface area contributed by atoms with Crippen molar-refractivity contribution in [1.29, 1.82) is 0 Å². The van der Waals surface area contributed by atoms with E-state index in [1.807, 2.05) is 6.92 Å². The molecular weight excluding hydrogens is 281 g/mol. The molecule has 116 valence electrons. The van der Waals surface area contributed by atoms with E-state index in [9.17, 15) is 18.0 Å². The molecule has 1 rings (SSSR count). The van der Waals surface area contributed by atoms with Crippen LogP contribution in [-0.4, -0.2) is 12.6 Å². The number of ether oxygens (including phenoxy) is 1. The molecule has 0 fully saturated rings. The van der Waals surface area contributed by atoms with Crippen molar-refractivity contribution >= 4 is 12.0 Å². The highest BCUT2D eigenvalue weighted by atomic mass is 19.4. The van der Waals surface area contributed by atoms with Crippen molar-refractivity contribution < 1.29 is 22.7 Å². The Labute approximate surface area is 122 Å². The SMILES string of the molecule is CCCc1cc(C(F)(F)F)ccc1C=C(C)C(=O)OCC. The number of aryl methyl sites for hydroxylation is 1. The Morgan fingerprint density at radius 3 is 2.48 bits per heavy atom. The molecule has 0 heterocycles. The van der Waals surface area contributed by atoms with Gasteiger partial charge in [0.2, 0.25) is 0 Å². The van der Waals surface area contributed by atoms with Gasteiger partial charge in [-0.25, -0.2) is 4.79 Å². The molecule has 1 aromatic rings. The van der Waals surface area contributed by atoms with Crippen LogP contribution >= 0.6 is 0 Å². The van der Waals surface area contributed by atoms with Gasteiger partial charge in [-0.15, -0.1) is 0 Å². The van der Waals surface area contributed by atoms with Gasteiger partial charge in [0.05, 0.1) is 12.2 Å². The summed E-state index contributed by atoms with van der Waals surface area (Å²) in [6, 6.07) is 3.58. The summed E-state index contributed by atoms with van der Waals surface area (Å²) in [5, 5.41) is 0. The van der Waals surface area contributed by atoms with Gasteiger partial charge in [-0.2, -0.15) is 13.2 Å². The molecule has 0 saturated carbocycles. The second kappa shape index (κ2) is 7.29. The molecule has 5 heteroatoms. The normalized spacial score (nSPS) is 12.4. The number of alkyl halides is 3. The van der Waals surface area contributed by atoms with Gasteiger partial charge in [0, 0.05) is 5.57 Å². The van der Waals surface area contributed by atoms with Gasteiger partial charge in [-0.3, -0.25) is 0 Å². The molecule has 0 unspecified atom stereocenters. The summed E-state index contributed by atoms with van der Waals surface area (Å²) in [6.07, 6.45) is -1.55. The molecule has 0 saturated heterocycles. The van der Waals surface area contributed by atoms with Crippen molar-refractivity contribution in [3.05, 3.63) is 40.5 Å². The number of hydrogen-bond donors (Lipinski definition) is 0. The molecular formula is C16H19F3O2.